The maximum Gasteiger partial charge on any atom is 0.410 e. The Balaban J connectivity index is 1.75. The van der Waals surface area contributed by atoms with Crippen LogP contribution in [-0.4, -0.2) is 68.4 Å². The minimum Gasteiger partial charge on any atom is -0.497 e. The number of benzene rings is 1. The van der Waals surface area contributed by atoms with Gasteiger partial charge in [0.25, 0.3) is 0 Å². The second kappa shape index (κ2) is 7.53. The van der Waals surface area contributed by atoms with E-state index in [1.54, 1.807) is 17.0 Å². The van der Waals surface area contributed by atoms with Gasteiger partial charge in [0.15, 0.2) is 0 Å². The number of likely N-dealkylation sites (tertiary alicyclic amines) is 1. The smallest absolute Gasteiger partial charge is 0.410 e. The van der Waals surface area contributed by atoms with Gasteiger partial charge in [-0.15, -0.1) is 0 Å². The Morgan fingerprint density at radius 1 is 1.11 bits per heavy atom. The fourth-order valence-electron chi connectivity index (χ4n) is 3.57. The van der Waals surface area contributed by atoms with Crippen molar-refractivity contribution in [1.29, 1.82) is 0 Å². The number of piperidine rings is 1. The summed E-state index contributed by atoms with van der Waals surface area (Å²) in [6.07, 6.45) is 0.424. The fourth-order valence-corrected chi connectivity index (χ4v) is 5.29. The number of hydrogen-bond acceptors (Lipinski definition) is 6. The van der Waals surface area contributed by atoms with Crippen LogP contribution < -0.4 is 4.74 Å². The maximum atomic E-state index is 13.2. The van der Waals surface area contributed by atoms with Crippen molar-refractivity contribution in [3.63, 3.8) is 0 Å². The lowest BCUT2D eigenvalue weighted by atomic mass is 10.0. The van der Waals surface area contributed by atoms with Crippen molar-refractivity contribution in [1.82, 2.24) is 9.21 Å². The van der Waals surface area contributed by atoms with E-state index < -0.39 is 21.3 Å². The van der Waals surface area contributed by atoms with E-state index in [2.05, 4.69) is 0 Å². The van der Waals surface area contributed by atoms with Gasteiger partial charge in [0.1, 0.15) is 17.1 Å². The molecule has 9 heteroatoms. The lowest BCUT2D eigenvalue weighted by molar-refractivity contribution is -0.0907. The number of carbonyl (C=O) groups excluding carboxylic acids is 1. The number of ether oxygens (including phenoxy) is 3. The summed E-state index contributed by atoms with van der Waals surface area (Å²) in [5.74, 6) is 0.594. The summed E-state index contributed by atoms with van der Waals surface area (Å²) in [4.78, 5) is 14.1. The summed E-state index contributed by atoms with van der Waals surface area (Å²) >= 11 is 0. The highest BCUT2D eigenvalue weighted by Crippen LogP contribution is 2.38. The molecule has 2 fully saturated rings. The molecule has 0 aromatic heterocycles. The van der Waals surface area contributed by atoms with Crippen LogP contribution in [0.1, 0.15) is 33.6 Å². The predicted molar refractivity (Wildman–Crippen MR) is 103 cm³/mol. The topological polar surface area (TPSA) is 85.4 Å². The van der Waals surface area contributed by atoms with E-state index >= 15 is 0 Å². The van der Waals surface area contributed by atoms with Crippen LogP contribution in [0, 0.1) is 0 Å². The molecule has 1 aromatic rings. The molecule has 1 amide bonds. The maximum absolute atomic E-state index is 13.2. The molecule has 1 aromatic carbocycles. The van der Waals surface area contributed by atoms with Crippen LogP contribution in [0.4, 0.5) is 4.79 Å². The molecule has 0 bridgehead atoms. The molecule has 2 saturated heterocycles. The van der Waals surface area contributed by atoms with Crippen molar-refractivity contribution in [2.45, 2.75) is 49.8 Å². The third-order valence-electron chi connectivity index (χ3n) is 4.96. The first kappa shape index (κ1) is 20.9. The van der Waals surface area contributed by atoms with E-state index in [1.807, 2.05) is 20.8 Å². The van der Waals surface area contributed by atoms with Crippen molar-refractivity contribution < 1.29 is 27.4 Å². The molecule has 0 saturated carbocycles. The van der Waals surface area contributed by atoms with Gasteiger partial charge in [-0.25, -0.2) is 13.2 Å². The van der Waals surface area contributed by atoms with Gasteiger partial charge in [-0.1, -0.05) is 0 Å². The van der Waals surface area contributed by atoms with Crippen molar-refractivity contribution in [2.24, 2.45) is 0 Å². The van der Waals surface area contributed by atoms with E-state index in [4.69, 9.17) is 14.2 Å². The number of methoxy groups -OCH3 is 1. The average molecular weight is 413 g/mol. The molecule has 156 valence electrons. The van der Waals surface area contributed by atoms with Crippen molar-refractivity contribution in [3.05, 3.63) is 24.3 Å². The number of rotatable bonds is 3. The lowest BCUT2D eigenvalue weighted by Gasteiger charge is -2.42. The summed E-state index contributed by atoms with van der Waals surface area (Å²) in [6, 6.07) is 6.33. The van der Waals surface area contributed by atoms with E-state index in [9.17, 15) is 13.2 Å². The molecule has 8 nitrogen and oxygen atoms in total. The Morgan fingerprint density at radius 3 is 2.25 bits per heavy atom. The molecule has 3 rings (SSSR count). The Labute approximate surface area is 166 Å². The Bertz CT molecular complexity index is 808. The van der Waals surface area contributed by atoms with Crippen LogP contribution in [0.25, 0.3) is 0 Å². The van der Waals surface area contributed by atoms with Gasteiger partial charge in [-0.2, -0.15) is 4.31 Å². The predicted octanol–water partition coefficient (Wildman–Crippen LogP) is 2.44. The summed E-state index contributed by atoms with van der Waals surface area (Å²) in [7, 11) is -2.19. The van der Waals surface area contributed by atoms with Gasteiger partial charge < -0.3 is 19.1 Å². The molecule has 2 aliphatic rings. The van der Waals surface area contributed by atoms with Crippen LogP contribution in [0.5, 0.6) is 5.75 Å². The van der Waals surface area contributed by atoms with Crippen LogP contribution >= 0.6 is 0 Å². The zero-order chi connectivity index (χ0) is 20.6. The van der Waals surface area contributed by atoms with Gasteiger partial charge in [-0.3, -0.25) is 0 Å². The van der Waals surface area contributed by atoms with Crippen molar-refractivity contribution in [3.8, 4) is 5.75 Å². The largest absolute Gasteiger partial charge is 0.497 e. The highest BCUT2D eigenvalue weighted by Gasteiger charge is 2.51. The normalized spacial score (nSPS) is 20.4. The van der Waals surface area contributed by atoms with E-state index in [0.29, 0.717) is 44.8 Å². The van der Waals surface area contributed by atoms with E-state index in [0.717, 1.165) is 0 Å². The fraction of sp³-hybridized carbons (Fsp3) is 0.632. The summed E-state index contributed by atoms with van der Waals surface area (Å²) < 4.78 is 44.3. The third kappa shape index (κ3) is 4.11. The van der Waals surface area contributed by atoms with Gasteiger partial charge in [0, 0.05) is 32.5 Å². The highest BCUT2D eigenvalue weighted by atomic mass is 32.2. The van der Waals surface area contributed by atoms with Crippen LogP contribution in [-0.2, 0) is 19.5 Å². The number of nitrogens with zero attached hydrogens (tertiary/aromatic N) is 2. The molecule has 0 atom stereocenters. The standard InChI is InChI=1S/C19H28N2O6S/c1-18(2,3)27-17(22)20-11-9-19(10-12-20)21(13-14-26-19)28(23,24)16-7-5-15(25-4)6-8-16/h5-8H,9-14H2,1-4H3. The summed E-state index contributed by atoms with van der Waals surface area (Å²) in [6.45, 7) is 6.84. The van der Waals surface area contributed by atoms with Crippen LogP contribution in [0.2, 0.25) is 0 Å². The van der Waals surface area contributed by atoms with E-state index in [1.165, 1.54) is 23.5 Å². The molecule has 0 radical (unpaired) electrons. The first-order valence-electron chi connectivity index (χ1n) is 9.36. The Hall–Kier alpha value is -1.84. The number of amides is 1. The monoisotopic (exact) mass is 412 g/mol. The lowest BCUT2D eigenvalue weighted by Crippen LogP contribution is -2.56. The zero-order valence-electron chi connectivity index (χ0n) is 16.8. The minimum atomic E-state index is -3.72. The highest BCUT2D eigenvalue weighted by molar-refractivity contribution is 7.89. The van der Waals surface area contributed by atoms with Crippen molar-refractivity contribution >= 4 is 16.1 Å². The first-order chi connectivity index (χ1) is 13.1. The molecule has 0 unspecified atom stereocenters. The molecule has 0 N–H and O–H groups in total. The van der Waals surface area contributed by atoms with Crippen LogP contribution in [0.3, 0.4) is 0 Å². The van der Waals surface area contributed by atoms with Gasteiger partial charge in [0.05, 0.1) is 18.6 Å². The minimum absolute atomic E-state index is 0.202. The van der Waals surface area contributed by atoms with Gasteiger partial charge in [0.2, 0.25) is 10.0 Å². The molecule has 28 heavy (non-hydrogen) atoms. The molecule has 1 spiro atoms. The number of sulfonamides is 1. The van der Waals surface area contributed by atoms with Gasteiger partial charge >= 0.3 is 6.09 Å². The summed E-state index contributed by atoms with van der Waals surface area (Å²) in [5.41, 5.74) is -1.49. The Kier molecular flexibility index (Phi) is 5.62. The number of carbonyl (C=O) groups is 1. The quantitative estimate of drug-likeness (QED) is 0.758. The summed E-state index contributed by atoms with van der Waals surface area (Å²) in [5, 5.41) is 0. The zero-order valence-corrected chi connectivity index (χ0v) is 17.6. The average Bonchev–Trinajstić information content (AvgIpc) is 3.04. The Morgan fingerprint density at radius 2 is 1.71 bits per heavy atom. The second-order valence-electron chi connectivity index (χ2n) is 8.01. The van der Waals surface area contributed by atoms with Crippen molar-refractivity contribution in [2.75, 3.05) is 33.4 Å². The second-order valence-corrected chi connectivity index (χ2v) is 9.88. The SMILES string of the molecule is COc1ccc(S(=O)(=O)N2CCOC23CCN(C(=O)OC(C)(C)C)CC3)cc1. The number of hydrogen-bond donors (Lipinski definition) is 0. The third-order valence-corrected chi connectivity index (χ3v) is 6.93. The molecule has 2 aliphatic heterocycles. The molecular weight excluding hydrogens is 384 g/mol. The van der Waals surface area contributed by atoms with Crippen LogP contribution in [0.15, 0.2) is 29.2 Å². The van der Waals surface area contributed by atoms with Gasteiger partial charge in [-0.05, 0) is 45.0 Å². The first-order valence-corrected chi connectivity index (χ1v) is 10.8. The molecule has 2 heterocycles. The molecular formula is C19H28N2O6S. The van der Waals surface area contributed by atoms with E-state index in [-0.39, 0.29) is 11.0 Å². The molecule has 0 aliphatic carbocycles.